The average Bonchev–Trinajstić information content (AvgIpc) is 2.37. The molecule has 0 fully saturated rings. The maximum atomic E-state index is 11.7. The lowest BCUT2D eigenvalue weighted by Crippen LogP contribution is -2.38. The lowest BCUT2D eigenvalue weighted by Gasteiger charge is -2.07. The lowest BCUT2D eigenvalue weighted by molar-refractivity contribution is -0.120. The number of hydrogen-bond donors (Lipinski definition) is 2. The summed E-state index contributed by atoms with van der Waals surface area (Å²) >= 11 is 5.75. The van der Waals surface area contributed by atoms with Crippen LogP contribution in [0.1, 0.15) is 10.4 Å². The number of halogens is 1. The first-order valence-corrected chi connectivity index (χ1v) is 5.67. The Bertz CT molecular complexity index is 426. The normalized spacial score (nSPS) is 9.89. The maximum Gasteiger partial charge on any atom is 0.254 e. The van der Waals surface area contributed by atoms with Gasteiger partial charge in [-0.3, -0.25) is 9.59 Å². The van der Waals surface area contributed by atoms with Gasteiger partial charge >= 0.3 is 0 Å². The lowest BCUT2D eigenvalue weighted by atomic mass is 10.2. The highest BCUT2D eigenvalue weighted by molar-refractivity contribution is 6.32. The first-order chi connectivity index (χ1) is 8.65. The van der Waals surface area contributed by atoms with Gasteiger partial charge in [0.1, 0.15) is 5.15 Å². The molecule has 0 aromatic carbocycles. The van der Waals surface area contributed by atoms with E-state index in [1.165, 1.54) is 12.3 Å². The van der Waals surface area contributed by atoms with Crippen molar-refractivity contribution in [2.24, 2.45) is 0 Å². The Morgan fingerprint density at radius 1 is 1.44 bits per heavy atom. The summed E-state index contributed by atoms with van der Waals surface area (Å²) in [6.45, 7) is 0.709. The molecule has 0 aliphatic rings. The molecule has 0 saturated carbocycles. The van der Waals surface area contributed by atoms with Gasteiger partial charge in [-0.1, -0.05) is 11.6 Å². The fourth-order valence-electron chi connectivity index (χ4n) is 1.17. The summed E-state index contributed by atoms with van der Waals surface area (Å²) in [4.78, 5) is 26.7. The minimum absolute atomic E-state index is 0.106. The number of hydrogen-bond acceptors (Lipinski definition) is 4. The molecule has 0 unspecified atom stereocenters. The molecule has 0 saturated heterocycles. The van der Waals surface area contributed by atoms with Gasteiger partial charge in [0.25, 0.3) is 5.91 Å². The van der Waals surface area contributed by atoms with Crippen molar-refractivity contribution < 1.29 is 14.3 Å². The van der Waals surface area contributed by atoms with E-state index in [0.29, 0.717) is 13.2 Å². The van der Waals surface area contributed by atoms with Crippen molar-refractivity contribution in [3.8, 4) is 0 Å². The van der Waals surface area contributed by atoms with E-state index in [1.807, 2.05) is 0 Å². The van der Waals surface area contributed by atoms with Gasteiger partial charge in [0.2, 0.25) is 5.91 Å². The number of aromatic nitrogens is 1. The van der Waals surface area contributed by atoms with Crippen LogP contribution in [-0.4, -0.2) is 43.6 Å². The summed E-state index contributed by atoms with van der Waals surface area (Å²) in [5.41, 5.74) is 0.240. The van der Waals surface area contributed by atoms with Gasteiger partial charge in [0, 0.05) is 19.9 Å². The molecule has 1 rings (SSSR count). The van der Waals surface area contributed by atoms with Crippen molar-refractivity contribution in [2.45, 2.75) is 0 Å². The number of carbonyl (C=O) groups is 2. The second kappa shape index (κ2) is 7.62. The van der Waals surface area contributed by atoms with E-state index in [9.17, 15) is 9.59 Å². The van der Waals surface area contributed by atoms with Gasteiger partial charge in [0.05, 0.1) is 18.7 Å². The first-order valence-electron chi connectivity index (χ1n) is 5.29. The topological polar surface area (TPSA) is 80.3 Å². The van der Waals surface area contributed by atoms with Crippen LogP contribution in [0.4, 0.5) is 0 Å². The molecular formula is C11H14ClN3O3. The highest BCUT2D eigenvalue weighted by Crippen LogP contribution is 2.10. The molecule has 6 nitrogen and oxygen atoms in total. The Morgan fingerprint density at radius 2 is 2.22 bits per heavy atom. The van der Waals surface area contributed by atoms with Gasteiger partial charge in [-0.25, -0.2) is 4.98 Å². The Labute approximate surface area is 110 Å². The standard InChI is InChI=1S/C11H14ClN3O3/c1-18-6-5-13-9(16)7-15-11(17)8-3-2-4-14-10(8)12/h2-4H,5-7H2,1H3,(H,13,16)(H,15,17). The van der Waals surface area contributed by atoms with Crippen LogP contribution in [-0.2, 0) is 9.53 Å². The molecule has 1 aromatic heterocycles. The van der Waals surface area contributed by atoms with Crippen molar-refractivity contribution in [3.63, 3.8) is 0 Å². The molecule has 98 valence electrons. The molecule has 2 amide bonds. The van der Waals surface area contributed by atoms with Crippen LogP contribution in [0, 0.1) is 0 Å². The third-order valence-electron chi connectivity index (χ3n) is 2.04. The molecule has 7 heteroatoms. The number of nitrogens with zero attached hydrogens (tertiary/aromatic N) is 1. The zero-order chi connectivity index (χ0) is 13.4. The van der Waals surface area contributed by atoms with Crippen molar-refractivity contribution in [2.75, 3.05) is 26.8 Å². The van der Waals surface area contributed by atoms with E-state index in [0.717, 1.165) is 0 Å². The van der Waals surface area contributed by atoms with E-state index in [-0.39, 0.29) is 23.2 Å². The number of methoxy groups -OCH3 is 1. The molecule has 2 N–H and O–H groups in total. The quantitative estimate of drug-likeness (QED) is 0.573. The van der Waals surface area contributed by atoms with E-state index in [4.69, 9.17) is 16.3 Å². The minimum Gasteiger partial charge on any atom is -0.383 e. The van der Waals surface area contributed by atoms with Gasteiger partial charge in [0.15, 0.2) is 0 Å². The summed E-state index contributed by atoms with van der Waals surface area (Å²) in [6, 6.07) is 3.13. The van der Waals surface area contributed by atoms with Crippen molar-refractivity contribution >= 4 is 23.4 Å². The number of nitrogens with one attached hydrogen (secondary N) is 2. The van der Waals surface area contributed by atoms with E-state index >= 15 is 0 Å². The molecule has 0 spiro atoms. The number of rotatable bonds is 6. The van der Waals surface area contributed by atoms with Crippen LogP contribution in [0.5, 0.6) is 0 Å². The highest BCUT2D eigenvalue weighted by atomic mass is 35.5. The molecule has 1 heterocycles. The molecule has 0 bridgehead atoms. The molecule has 0 atom stereocenters. The van der Waals surface area contributed by atoms with Crippen molar-refractivity contribution in [1.29, 1.82) is 0 Å². The molecular weight excluding hydrogens is 258 g/mol. The van der Waals surface area contributed by atoms with Crippen LogP contribution >= 0.6 is 11.6 Å². The van der Waals surface area contributed by atoms with Gasteiger partial charge in [-0.15, -0.1) is 0 Å². The highest BCUT2D eigenvalue weighted by Gasteiger charge is 2.11. The smallest absolute Gasteiger partial charge is 0.254 e. The average molecular weight is 272 g/mol. The fourth-order valence-corrected chi connectivity index (χ4v) is 1.37. The molecule has 1 aromatic rings. The van der Waals surface area contributed by atoms with Crippen molar-refractivity contribution in [3.05, 3.63) is 29.0 Å². The Balaban J connectivity index is 2.38. The third kappa shape index (κ3) is 4.68. The number of pyridine rings is 1. The van der Waals surface area contributed by atoms with Crippen LogP contribution in [0.25, 0.3) is 0 Å². The zero-order valence-electron chi connectivity index (χ0n) is 9.90. The van der Waals surface area contributed by atoms with E-state index in [1.54, 1.807) is 13.2 Å². The predicted octanol–water partition coefficient (Wildman–Crippen LogP) is 0.227. The molecule has 18 heavy (non-hydrogen) atoms. The second-order valence-electron chi connectivity index (χ2n) is 3.37. The SMILES string of the molecule is COCCNC(=O)CNC(=O)c1cccnc1Cl. The molecule has 0 radical (unpaired) electrons. The summed E-state index contributed by atoms with van der Waals surface area (Å²) in [5, 5.41) is 5.13. The van der Waals surface area contributed by atoms with Gasteiger partial charge < -0.3 is 15.4 Å². The van der Waals surface area contributed by atoms with E-state index < -0.39 is 5.91 Å². The monoisotopic (exact) mass is 271 g/mol. The third-order valence-corrected chi connectivity index (χ3v) is 2.34. The van der Waals surface area contributed by atoms with Crippen molar-refractivity contribution in [1.82, 2.24) is 15.6 Å². The fraction of sp³-hybridized carbons (Fsp3) is 0.364. The minimum atomic E-state index is -0.435. The Hall–Kier alpha value is -1.66. The summed E-state index contributed by atoms with van der Waals surface area (Å²) < 4.78 is 4.78. The summed E-state index contributed by atoms with van der Waals surface area (Å²) in [6.07, 6.45) is 1.48. The Kier molecular flexibility index (Phi) is 6.10. The Morgan fingerprint density at radius 3 is 2.89 bits per heavy atom. The molecule has 0 aliphatic heterocycles. The zero-order valence-corrected chi connectivity index (χ0v) is 10.7. The van der Waals surface area contributed by atoms with Crippen LogP contribution in [0.15, 0.2) is 18.3 Å². The first kappa shape index (κ1) is 14.4. The van der Waals surface area contributed by atoms with E-state index in [2.05, 4.69) is 15.6 Å². The summed E-state index contributed by atoms with van der Waals surface area (Å²) in [7, 11) is 1.54. The number of amides is 2. The second-order valence-corrected chi connectivity index (χ2v) is 3.73. The van der Waals surface area contributed by atoms with Crippen LogP contribution in [0.3, 0.4) is 0 Å². The number of carbonyl (C=O) groups excluding carboxylic acids is 2. The van der Waals surface area contributed by atoms with Crippen LogP contribution in [0.2, 0.25) is 5.15 Å². The summed E-state index contributed by atoms with van der Waals surface area (Å²) in [5.74, 6) is -0.726. The molecule has 0 aliphatic carbocycles. The number of ether oxygens (including phenoxy) is 1. The largest absolute Gasteiger partial charge is 0.383 e. The van der Waals surface area contributed by atoms with Crippen LogP contribution < -0.4 is 10.6 Å². The van der Waals surface area contributed by atoms with Gasteiger partial charge in [-0.2, -0.15) is 0 Å². The predicted molar refractivity (Wildman–Crippen MR) is 66.5 cm³/mol. The maximum absolute atomic E-state index is 11.7. The van der Waals surface area contributed by atoms with Gasteiger partial charge in [-0.05, 0) is 12.1 Å².